The minimum atomic E-state index is -2.94. The standard InChI is InChI=1S/C18H19ClFNO4S.CH4/c19-14-4-13(17(22)21-26(23)24)15(20)5-16(14)25-9-18-6-10-1-11(7-18)3-12(2-10)8-18;/h4-5,10-12H,1-3,6-9H2;1H4. The van der Waals surface area contributed by atoms with Gasteiger partial charge in [-0.15, -0.1) is 0 Å². The predicted molar refractivity (Wildman–Crippen MR) is 99.9 cm³/mol. The van der Waals surface area contributed by atoms with E-state index in [1.54, 1.807) is 0 Å². The van der Waals surface area contributed by atoms with Crippen LogP contribution in [0.15, 0.2) is 16.5 Å². The second-order valence-electron chi connectivity index (χ2n) is 8.08. The van der Waals surface area contributed by atoms with Crippen molar-refractivity contribution in [1.29, 1.82) is 0 Å². The number of ether oxygens (including phenoxy) is 1. The highest BCUT2D eigenvalue weighted by atomic mass is 35.5. The topological polar surface area (TPSA) is 72.8 Å². The maximum absolute atomic E-state index is 14.2. The summed E-state index contributed by atoms with van der Waals surface area (Å²) >= 11 is 6.13. The molecule has 4 aliphatic carbocycles. The lowest BCUT2D eigenvalue weighted by atomic mass is 9.50. The molecular formula is C19H23ClFNO4S. The van der Waals surface area contributed by atoms with Crippen molar-refractivity contribution < 1.29 is 22.3 Å². The minimum Gasteiger partial charge on any atom is -0.491 e. The van der Waals surface area contributed by atoms with Crippen LogP contribution in [0.3, 0.4) is 0 Å². The van der Waals surface area contributed by atoms with E-state index in [0.29, 0.717) is 6.61 Å². The zero-order chi connectivity index (χ0) is 18.5. The van der Waals surface area contributed by atoms with Gasteiger partial charge in [0.15, 0.2) is 0 Å². The first-order valence-corrected chi connectivity index (χ1v) is 10.2. The summed E-state index contributed by atoms with van der Waals surface area (Å²) < 4.78 is 43.8. The van der Waals surface area contributed by atoms with Crippen LogP contribution in [0.25, 0.3) is 0 Å². The number of hydrogen-bond donors (Lipinski definition) is 0. The Balaban J connectivity index is 0.00000210. The van der Waals surface area contributed by atoms with Crippen LogP contribution in [-0.2, 0) is 10.5 Å². The maximum Gasteiger partial charge on any atom is 0.319 e. The molecule has 0 aliphatic heterocycles. The maximum atomic E-state index is 14.2. The zero-order valence-electron chi connectivity index (χ0n) is 14.1. The molecule has 4 saturated carbocycles. The minimum absolute atomic E-state index is 0. The second-order valence-corrected chi connectivity index (χ2v) is 9.11. The van der Waals surface area contributed by atoms with Crippen LogP contribution < -0.4 is 4.74 Å². The van der Waals surface area contributed by atoms with Gasteiger partial charge < -0.3 is 4.74 Å². The van der Waals surface area contributed by atoms with Gasteiger partial charge in [-0.05, 0) is 62.3 Å². The third-order valence-corrected chi connectivity index (χ3v) is 6.72. The lowest BCUT2D eigenvalue weighted by molar-refractivity contribution is -0.0745. The SMILES string of the molecule is C.O=C(N=S(=O)=O)c1cc(Cl)c(OCC23CC4CC(CC(C4)C2)C3)cc1F. The summed E-state index contributed by atoms with van der Waals surface area (Å²) in [7, 11) is -2.94. The number of hydrogen-bond acceptors (Lipinski definition) is 4. The van der Waals surface area contributed by atoms with E-state index in [4.69, 9.17) is 16.3 Å². The molecule has 4 aliphatic rings. The Morgan fingerprint density at radius 3 is 2.26 bits per heavy atom. The highest BCUT2D eigenvalue weighted by molar-refractivity contribution is 7.62. The predicted octanol–water partition coefficient (Wildman–Crippen LogP) is 4.91. The Bertz CT molecular complexity index is 856. The molecule has 0 N–H and O–H groups in total. The molecule has 1 amide bonds. The second kappa shape index (κ2) is 7.51. The summed E-state index contributed by atoms with van der Waals surface area (Å²) in [5.41, 5.74) is -0.334. The first-order chi connectivity index (χ1) is 12.3. The third-order valence-electron chi connectivity index (χ3n) is 6.11. The van der Waals surface area contributed by atoms with Crippen molar-refractivity contribution in [2.45, 2.75) is 46.0 Å². The van der Waals surface area contributed by atoms with Gasteiger partial charge in [0.1, 0.15) is 11.6 Å². The van der Waals surface area contributed by atoms with Crippen molar-refractivity contribution >= 4 is 28.0 Å². The quantitative estimate of drug-likeness (QED) is 0.700. The van der Waals surface area contributed by atoms with E-state index in [9.17, 15) is 17.6 Å². The molecule has 0 spiro atoms. The summed E-state index contributed by atoms with van der Waals surface area (Å²) in [6.07, 6.45) is 7.46. The van der Waals surface area contributed by atoms with Gasteiger partial charge in [-0.2, -0.15) is 8.42 Å². The zero-order valence-corrected chi connectivity index (χ0v) is 15.7. The summed E-state index contributed by atoms with van der Waals surface area (Å²) in [6.45, 7) is 0.498. The van der Waals surface area contributed by atoms with Gasteiger partial charge in [-0.25, -0.2) is 4.39 Å². The van der Waals surface area contributed by atoms with Crippen LogP contribution >= 0.6 is 11.6 Å². The molecule has 0 heterocycles. The van der Waals surface area contributed by atoms with Crippen molar-refractivity contribution in [2.24, 2.45) is 27.5 Å². The van der Waals surface area contributed by atoms with Gasteiger partial charge in [0.2, 0.25) is 0 Å². The van der Waals surface area contributed by atoms with Crippen LogP contribution in [0.5, 0.6) is 5.75 Å². The molecule has 1 aromatic rings. The van der Waals surface area contributed by atoms with E-state index in [-0.39, 0.29) is 23.6 Å². The molecule has 0 radical (unpaired) electrons. The van der Waals surface area contributed by atoms with E-state index >= 15 is 0 Å². The van der Waals surface area contributed by atoms with Crippen LogP contribution in [0.2, 0.25) is 5.02 Å². The van der Waals surface area contributed by atoms with Gasteiger partial charge in [0, 0.05) is 11.5 Å². The Kier molecular flexibility index (Phi) is 5.64. The van der Waals surface area contributed by atoms with Crippen molar-refractivity contribution in [3.63, 3.8) is 0 Å². The van der Waals surface area contributed by atoms with Gasteiger partial charge >= 0.3 is 10.5 Å². The highest BCUT2D eigenvalue weighted by Gasteiger charge is 2.51. The monoisotopic (exact) mass is 415 g/mol. The van der Waals surface area contributed by atoms with Crippen molar-refractivity contribution in [3.05, 3.63) is 28.5 Å². The number of carbonyl (C=O) groups is 1. The average Bonchev–Trinajstić information content (AvgIpc) is 2.53. The molecule has 0 unspecified atom stereocenters. The molecule has 5 nitrogen and oxygen atoms in total. The lowest BCUT2D eigenvalue weighted by Gasteiger charge is -2.56. The van der Waals surface area contributed by atoms with E-state index in [1.165, 1.54) is 19.3 Å². The van der Waals surface area contributed by atoms with E-state index < -0.39 is 27.8 Å². The molecule has 0 saturated heterocycles. The fourth-order valence-electron chi connectivity index (χ4n) is 5.62. The number of halogens is 2. The molecule has 5 rings (SSSR count). The average molecular weight is 416 g/mol. The molecule has 1 aromatic carbocycles. The number of nitrogens with zero attached hydrogens (tertiary/aromatic N) is 1. The highest BCUT2D eigenvalue weighted by Crippen LogP contribution is 2.60. The van der Waals surface area contributed by atoms with Crippen molar-refractivity contribution in [1.82, 2.24) is 0 Å². The number of rotatable bonds is 4. The molecule has 27 heavy (non-hydrogen) atoms. The third kappa shape index (κ3) is 4.04. The van der Waals surface area contributed by atoms with Gasteiger partial charge in [-0.3, -0.25) is 4.79 Å². The fourth-order valence-corrected chi connectivity index (χ4v) is 6.07. The normalized spacial score (nSPS) is 30.5. The van der Waals surface area contributed by atoms with Crippen LogP contribution in [0, 0.1) is 29.0 Å². The summed E-state index contributed by atoms with van der Waals surface area (Å²) in [5.74, 6) is 0.448. The lowest BCUT2D eigenvalue weighted by Crippen LogP contribution is -2.48. The van der Waals surface area contributed by atoms with Crippen LogP contribution in [0.4, 0.5) is 4.39 Å². The van der Waals surface area contributed by atoms with Gasteiger partial charge in [0.05, 0.1) is 17.2 Å². The summed E-state index contributed by atoms with van der Waals surface area (Å²) in [4.78, 5) is 11.6. The number of carbonyl (C=O) groups excluding carboxylic acids is 1. The van der Waals surface area contributed by atoms with E-state index in [0.717, 1.165) is 49.1 Å². The molecule has 0 aromatic heterocycles. The molecule has 0 atom stereocenters. The first-order valence-electron chi connectivity index (χ1n) is 8.81. The Morgan fingerprint density at radius 2 is 1.74 bits per heavy atom. The molecule has 8 heteroatoms. The number of amides is 1. The van der Waals surface area contributed by atoms with Gasteiger partial charge in [-0.1, -0.05) is 23.4 Å². The number of benzene rings is 1. The van der Waals surface area contributed by atoms with Crippen molar-refractivity contribution in [2.75, 3.05) is 6.61 Å². The Morgan fingerprint density at radius 1 is 1.19 bits per heavy atom. The summed E-state index contributed by atoms with van der Waals surface area (Å²) in [5, 5.41) is 0.0753. The largest absolute Gasteiger partial charge is 0.491 e. The Hall–Kier alpha value is -1.47. The Labute approximate surface area is 165 Å². The molecule has 4 bridgehead atoms. The first kappa shape index (κ1) is 20.3. The molecule has 148 valence electrons. The van der Waals surface area contributed by atoms with Gasteiger partial charge in [0.25, 0.3) is 5.91 Å². The van der Waals surface area contributed by atoms with Crippen molar-refractivity contribution in [3.8, 4) is 5.75 Å². The molecule has 4 fully saturated rings. The van der Waals surface area contributed by atoms with Crippen LogP contribution in [-0.4, -0.2) is 20.9 Å². The van der Waals surface area contributed by atoms with E-state index in [2.05, 4.69) is 4.36 Å². The molecular weight excluding hydrogens is 393 g/mol. The van der Waals surface area contributed by atoms with Crippen LogP contribution in [0.1, 0.15) is 56.3 Å². The fraction of sp³-hybridized carbons (Fsp3) is 0.632. The van der Waals surface area contributed by atoms with E-state index in [1.807, 2.05) is 0 Å². The summed E-state index contributed by atoms with van der Waals surface area (Å²) in [6, 6.07) is 2.11. The smallest absolute Gasteiger partial charge is 0.319 e.